The summed E-state index contributed by atoms with van der Waals surface area (Å²) in [5.74, 6) is 0.249. The highest BCUT2D eigenvalue weighted by molar-refractivity contribution is 5.92. The van der Waals surface area contributed by atoms with Gasteiger partial charge in [-0.1, -0.05) is 44.2 Å². The van der Waals surface area contributed by atoms with Gasteiger partial charge < -0.3 is 14.8 Å². The number of hydrogen-bond donors (Lipinski definition) is 1. The highest BCUT2D eigenvalue weighted by atomic mass is 16.7. The van der Waals surface area contributed by atoms with Crippen LogP contribution in [0, 0.1) is 10.1 Å². The molecule has 0 aliphatic carbocycles. The fraction of sp³-hybridized carbons (Fsp3) is 0.375. The minimum absolute atomic E-state index is 0.0673. The van der Waals surface area contributed by atoms with Gasteiger partial charge in [0.25, 0.3) is 5.69 Å². The van der Waals surface area contributed by atoms with E-state index in [1.165, 1.54) is 23.8 Å². The molecule has 1 aliphatic rings. The number of carbonyl (C=O) groups is 1. The highest BCUT2D eigenvalue weighted by Gasteiger charge is 2.20. The van der Waals surface area contributed by atoms with Crippen LogP contribution in [0.1, 0.15) is 30.5 Å². The van der Waals surface area contributed by atoms with Crippen molar-refractivity contribution in [2.75, 3.05) is 26.4 Å². The molecule has 1 atom stereocenters. The Bertz CT molecular complexity index is 958. The number of nitrogens with zero attached hydrogens (tertiary/aromatic N) is 2. The number of fused-ring (bicyclic) bond motifs is 1. The number of nitro groups is 1. The van der Waals surface area contributed by atoms with Crippen LogP contribution in [-0.4, -0.2) is 48.2 Å². The van der Waals surface area contributed by atoms with Crippen LogP contribution in [0.15, 0.2) is 48.5 Å². The number of carbonyl (C=O) groups excluding carboxylic acids is 1. The van der Waals surface area contributed by atoms with Crippen LogP contribution in [-0.2, 0) is 22.6 Å². The lowest BCUT2D eigenvalue weighted by atomic mass is 10.0. The second kappa shape index (κ2) is 11.4. The maximum Gasteiger partial charge on any atom is 0.270 e. The van der Waals surface area contributed by atoms with Gasteiger partial charge in [-0.25, -0.2) is 0 Å². The predicted molar refractivity (Wildman–Crippen MR) is 122 cm³/mol. The number of non-ortho nitro benzene ring substituents is 1. The Labute approximate surface area is 188 Å². The van der Waals surface area contributed by atoms with E-state index in [1.54, 1.807) is 6.08 Å². The smallest absolute Gasteiger partial charge is 0.270 e. The van der Waals surface area contributed by atoms with Gasteiger partial charge in [-0.15, -0.1) is 0 Å². The Kier molecular flexibility index (Phi) is 8.35. The van der Waals surface area contributed by atoms with Gasteiger partial charge in [-0.05, 0) is 31.1 Å². The number of ether oxygens (including phenoxy) is 2. The quantitative estimate of drug-likeness (QED) is 0.346. The molecule has 8 nitrogen and oxygen atoms in total. The van der Waals surface area contributed by atoms with Crippen LogP contribution >= 0.6 is 0 Å². The molecule has 2 aromatic carbocycles. The standard InChI is InChI=1S/C24H29N3O5/c1-3-26(4-2)22(12-18-8-6-5-7-9-18)15-25-23(28)11-10-19-13-21(27(29)30)14-20-16-31-17-32-24(19)20/h5-11,13-14,22H,3-4,12,15-17H2,1-2H3,(H,25,28)/b11-10+/t22-/m0/s1. The molecule has 0 saturated heterocycles. The van der Waals surface area contributed by atoms with E-state index in [9.17, 15) is 14.9 Å². The molecule has 32 heavy (non-hydrogen) atoms. The highest BCUT2D eigenvalue weighted by Crippen LogP contribution is 2.33. The van der Waals surface area contributed by atoms with Gasteiger partial charge in [0.2, 0.25) is 5.91 Å². The lowest BCUT2D eigenvalue weighted by molar-refractivity contribution is -0.385. The molecule has 3 rings (SSSR count). The van der Waals surface area contributed by atoms with Crippen LogP contribution in [0.5, 0.6) is 5.75 Å². The van der Waals surface area contributed by atoms with Crippen molar-refractivity contribution >= 4 is 17.7 Å². The first-order valence-corrected chi connectivity index (χ1v) is 10.8. The summed E-state index contributed by atoms with van der Waals surface area (Å²) in [5.41, 5.74) is 2.23. The van der Waals surface area contributed by atoms with E-state index in [4.69, 9.17) is 9.47 Å². The summed E-state index contributed by atoms with van der Waals surface area (Å²) in [7, 11) is 0. The number of likely N-dealkylation sites (N-methyl/N-ethyl adjacent to an activating group) is 1. The van der Waals surface area contributed by atoms with E-state index in [2.05, 4.69) is 36.2 Å². The van der Waals surface area contributed by atoms with Crippen molar-refractivity contribution in [3.05, 3.63) is 75.3 Å². The van der Waals surface area contributed by atoms with Gasteiger partial charge in [0.05, 0.1) is 11.5 Å². The first-order valence-electron chi connectivity index (χ1n) is 10.8. The van der Waals surface area contributed by atoms with Crippen molar-refractivity contribution in [3.63, 3.8) is 0 Å². The molecule has 0 saturated carbocycles. The summed E-state index contributed by atoms with van der Waals surface area (Å²) in [6, 6.07) is 13.2. The molecule has 0 fully saturated rings. The van der Waals surface area contributed by atoms with Crippen molar-refractivity contribution in [3.8, 4) is 5.75 Å². The maximum atomic E-state index is 12.5. The Balaban J connectivity index is 1.70. The molecule has 0 unspecified atom stereocenters. The lowest BCUT2D eigenvalue weighted by Gasteiger charge is -2.30. The summed E-state index contributed by atoms with van der Waals surface area (Å²) in [4.78, 5) is 25.6. The molecular formula is C24H29N3O5. The van der Waals surface area contributed by atoms with Crippen LogP contribution in [0.2, 0.25) is 0 Å². The molecule has 0 radical (unpaired) electrons. The Hall–Kier alpha value is -3.23. The van der Waals surface area contributed by atoms with Gasteiger partial charge in [-0.3, -0.25) is 19.8 Å². The van der Waals surface area contributed by atoms with E-state index >= 15 is 0 Å². The molecular weight excluding hydrogens is 410 g/mol. The average Bonchev–Trinajstić information content (AvgIpc) is 2.82. The minimum Gasteiger partial charge on any atom is -0.467 e. The fourth-order valence-electron chi connectivity index (χ4n) is 3.86. The van der Waals surface area contributed by atoms with Crippen molar-refractivity contribution in [1.82, 2.24) is 10.2 Å². The lowest BCUT2D eigenvalue weighted by Crippen LogP contribution is -2.44. The molecule has 1 aliphatic heterocycles. The largest absolute Gasteiger partial charge is 0.467 e. The number of benzene rings is 2. The second-order valence-electron chi connectivity index (χ2n) is 7.53. The summed E-state index contributed by atoms with van der Waals surface area (Å²) < 4.78 is 10.7. The minimum atomic E-state index is -0.468. The van der Waals surface area contributed by atoms with Gasteiger partial charge in [0, 0.05) is 41.9 Å². The molecule has 1 amide bonds. The summed E-state index contributed by atoms with van der Waals surface area (Å²) in [6.45, 7) is 6.80. The van der Waals surface area contributed by atoms with Crippen LogP contribution in [0.25, 0.3) is 6.08 Å². The van der Waals surface area contributed by atoms with E-state index in [-0.39, 0.29) is 31.0 Å². The van der Waals surface area contributed by atoms with E-state index in [0.717, 1.165) is 19.5 Å². The molecule has 170 valence electrons. The topological polar surface area (TPSA) is 93.9 Å². The van der Waals surface area contributed by atoms with Gasteiger partial charge in [-0.2, -0.15) is 0 Å². The van der Waals surface area contributed by atoms with E-state index < -0.39 is 4.92 Å². The first-order chi connectivity index (χ1) is 15.5. The Morgan fingerprint density at radius 3 is 2.69 bits per heavy atom. The fourth-order valence-corrected chi connectivity index (χ4v) is 3.86. The molecule has 0 aromatic heterocycles. The van der Waals surface area contributed by atoms with Crippen LogP contribution in [0.3, 0.4) is 0 Å². The molecule has 0 bridgehead atoms. The third-order valence-corrected chi connectivity index (χ3v) is 5.50. The van der Waals surface area contributed by atoms with Crippen molar-refractivity contribution < 1.29 is 19.2 Å². The summed E-state index contributed by atoms with van der Waals surface area (Å²) >= 11 is 0. The third kappa shape index (κ3) is 6.15. The zero-order valence-corrected chi connectivity index (χ0v) is 18.5. The zero-order chi connectivity index (χ0) is 22.9. The molecule has 0 spiro atoms. The second-order valence-corrected chi connectivity index (χ2v) is 7.53. The van der Waals surface area contributed by atoms with Gasteiger partial charge >= 0.3 is 0 Å². The number of nitrogens with one attached hydrogen (secondary N) is 1. The number of hydrogen-bond acceptors (Lipinski definition) is 6. The number of amides is 1. The van der Waals surface area contributed by atoms with Crippen molar-refractivity contribution in [1.29, 1.82) is 0 Å². The van der Waals surface area contributed by atoms with Gasteiger partial charge in [0.1, 0.15) is 5.75 Å². The predicted octanol–water partition coefficient (Wildman–Crippen LogP) is 3.54. The van der Waals surface area contributed by atoms with Gasteiger partial charge in [0.15, 0.2) is 6.79 Å². The summed E-state index contributed by atoms with van der Waals surface area (Å²) in [5, 5.41) is 14.2. The van der Waals surface area contributed by atoms with E-state index in [0.29, 0.717) is 23.4 Å². The molecule has 2 aromatic rings. The number of rotatable bonds is 10. The SMILES string of the molecule is CCN(CC)[C@H](CNC(=O)/C=C/c1cc([N+](=O)[O-])cc2c1OCOC2)Cc1ccccc1. The Morgan fingerprint density at radius 1 is 1.25 bits per heavy atom. The summed E-state index contributed by atoms with van der Waals surface area (Å²) in [6.07, 6.45) is 3.77. The van der Waals surface area contributed by atoms with E-state index in [1.807, 2.05) is 18.2 Å². The normalized spacial score (nSPS) is 14.1. The molecule has 8 heteroatoms. The number of nitro benzene ring substituents is 1. The average molecular weight is 440 g/mol. The maximum absolute atomic E-state index is 12.5. The Morgan fingerprint density at radius 2 is 2.00 bits per heavy atom. The van der Waals surface area contributed by atoms with Crippen LogP contribution in [0.4, 0.5) is 5.69 Å². The first kappa shape index (κ1) is 23.4. The van der Waals surface area contributed by atoms with Crippen molar-refractivity contribution in [2.45, 2.75) is 32.9 Å². The third-order valence-electron chi connectivity index (χ3n) is 5.50. The molecule has 1 N–H and O–H groups in total. The van der Waals surface area contributed by atoms with Crippen LogP contribution < -0.4 is 10.1 Å². The zero-order valence-electron chi connectivity index (χ0n) is 18.5. The monoisotopic (exact) mass is 439 g/mol. The molecule has 1 heterocycles. The van der Waals surface area contributed by atoms with Crippen molar-refractivity contribution in [2.24, 2.45) is 0 Å².